The van der Waals surface area contributed by atoms with Crippen molar-refractivity contribution < 1.29 is 0 Å². The molecule has 0 fully saturated rings. The van der Waals surface area contributed by atoms with Crippen LogP contribution in [0.5, 0.6) is 0 Å². The standard InChI is InChI=1S/C11H9BrCl2N2/c1-7-8(5-12)6-15-16(7)9-2-3-10(13)11(14)4-9/h2-4,6H,5H2,1H3. The van der Waals surface area contributed by atoms with Crippen molar-refractivity contribution in [1.82, 2.24) is 9.78 Å². The van der Waals surface area contributed by atoms with Crippen molar-refractivity contribution in [3.8, 4) is 5.69 Å². The van der Waals surface area contributed by atoms with Crippen LogP contribution in [-0.2, 0) is 5.33 Å². The van der Waals surface area contributed by atoms with Gasteiger partial charge in [-0.25, -0.2) is 4.68 Å². The maximum atomic E-state index is 5.97. The van der Waals surface area contributed by atoms with Crippen LogP contribution in [0, 0.1) is 6.92 Å². The number of rotatable bonds is 2. The van der Waals surface area contributed by atoms with Crippen LogP contribution in [0.1, 0.15) is 11.3 Å². The van der Waals surface area contributed by atoms with Crippen LogP contribution in [0.25, 0.3) is 5.69 Å². The molecule has 0 amide bonds. The fourth-order valence-electron chi connectivity index (χ4n) is 1.45. The van der Waals surface area contributed by atoms with E-state index in [0.717, 1.165) is 22.3 Å². The Bertz CT molecular complexity index is 523. The van der Waals surface area contributed by atoms with E-state index in [1.54, 1.807) is 6.07 Å². The van der Waals surface area contributed by atoms with E-state index in [-0.39, 0.29) is 0 Å². The summed E-state index contributed by atoms with van der Waals surface area (Å²) in [6.45, 7) is 2.02. The summed E-state index contributed by atoms with van der Waals surface area (Å²) in [6.07, 6.45) is 1.84. The normalized spacial score (nSPS) is 10.8. The van der Waals surface area contributed by atoms with E-state index >= 15 is 0 Å². The molecule has 1 aromatic heterocycles. The minimum atomic E-state index is 0.537. The zero-order valence-electron chi connectivity index (χ0n) is 8.54. The highest BCUT2D eigenvalue weighted by Gasteiger charge is 2.08. The smallest absolute Gasteiger partial charge is 0.0664 e. The Labute approximate surface area is 112 Å². The molecule has 2 nitrogen and oxygen atoms in total. The van der Waals surface area contributed by atoms with Crippen LogP contribution in [0.3, 0.4) is 0 Å². The van der Waals surface area contributed by atoms with Crippen molar-refractivity contribution in [2.24, 2.45) is 0 Å². The average molecular weight is 320 g/mol. The van der Waals surface area contributed by atoms with Crippen molar-refractivity contribution in [2.45, 2.75) is 12.3 Å². The molecule has 84 valence electrons. The molecular weight excluding hydrogens is 311 g/mol. The fraction of sp³-hybridized carbons (Fsp3) is 0.182. The van der Waals surface area contributed by atoms with Gasteiger partial charge in [0.05, 0.1) is 21.9 Å². The van der Waals surface area contributed by atoms with Crippen molar-refractivity contribution in [1.29, 1.82) is 0 Å². The van der Waals surface area contributed by atoms with Crippen molar-refractivity contribution in [3.05, 3.63) is 45.7 Å². The van der Waals surface area contributed by atoms with Crippen LogP contribution in [0.15, 0.2) is 24.4 Å². The molecule has 0 unspecified atom stereocenters. The zero-order chi connectivity index (χ0) is 11.7. The summed E-state index contributed by atoms with van der Waals surface area (Å²) in [5.41, 5.74) is 3.17. The Hall–Kier alpha value is -0.510. The Kier molecular flexibility index (Phi) is 3.57. The second-order valence-corrected chi connectivity index (χ2v) is 4.77. The molecule has 0 radical (unpaired) electrons. The van der Waals surface area contributed by atoms with Crippen LogP contribution < -0.4 is 0 Å². The first-order chi connectivity index (χ1) is 7.63. The van der Waals surface area contributed by atoms with Gasteiger partial charge >= 0.3 is 0 Å². The molecule has 0 spiro atoms. The summed E-state index contributed by atoms with van der Waals surface area (Å²) in [5, 5.41) is 6.19. The van der Waals surface area contributed by atoms with Crippen LogP contribution in [-0.4, -0.2) is 9.78 Å². The fourth-order valence-corrected chi connectivity index (χ4v) is 2.29. The number of nitrogens with zero attached hydrogens (tertiary/aromatic N) is 2. The molecular formula is C11H9BrCl2N2. The average Bonchev–Trinajstić information content (AvgIpc) is 2.64. The minimum Gasteiger partial charge on any atom is -0.238 e. The van der Waals surface area contributed by atoms with Gasteiger partial charge in [-0.15, -0.1) is 0 Å². The topological polar surface area (TPSA) is 17.8 Å². The van der Waals surface area contributed by atoms with E-state index in [1.165, 1.54) is 0 Å². The van der Waals surface area contributed by atoms with Crippen LogP contribution >= 0.6 is 39.1 Å². The first kappa shape index (κ1) is 12.0. The maximum absolute atomic E-state index is 5.97. The van der Waals surface area contributed by atoms with Gasteiger partial charge in [0.2, 0.25) is 0 Å². The largest absolute Gasteiger partial charge is 0.238 e. The molecule has 0 saturated heterocycles. The van der Waals surface area contributed by atoms with E-state index in [1.807, 2.05) is 29.9 Å². The number of alkyl halides is 1. The van der Waals surface area contributed by atoms with Gasteiger partial charge in [0.1, 0.15) is 0 Å². The molecule has 0 aliphatic heterocycles. The predicted octanol–water partition coefficient (Wildman–Crippen LogP) is 4.38. The summed E-state index contributed by atoms with van der Waals surface area (Å²) < 4.78 is 1.85. The molecule has 2 aromatic rings. The van der Waals surface area contributed by atoms with Gasteiger partial charge in [0.15, 0.2) is 0 Å². The highest BCUT2D eigenvalue weighted by molar-refractivity contribution is 9.08. The third-order valence-corrected chi connectivity index (χ3v) is 3.75. The Morgan fingerprint density at radius 2 is 2.06 bits per heavy atom. The second-order valence-electron chi connectivity index (χ2n) is 3.40. The summed E-state index contributed by atoms with van der Waals surface area (Å²) >= 11 is 15.3. The van der Waals surface area contributed by atoms with Gasteiger partial charge in [0.25, 0.3) is 0 Å². The zero-order valence-corrected chi connectivity index (χ0v) is 11.6. The van der Waals surface area contributed by atoms with E-state index in [9.17, 15) is 0 Å². The number of hydrogen-bond acceptors (Lipinski definition) is 1. The van der Waals surface area contributed by atoms with E-state index in [4.69, 9.17) is 23.2 Å². The molecule has 1 aromatic carbocycles. The Morgan fingerprint density at radius 1 is 1.31 bits per heavy atom. The molecule has 16 heavy (non-hydrogen) atoms. The molecule has 5 heteroatoms. The maximum Gasteiger partial charge on any atom is 0.0664 e. The molecule has 1 heterocycles. The quantitative estimate of drug-likeness (QED) is 0.751. The number of benzene rings is 1. The summed E-state index contributed by atoms with van der Waals surface area (Å²) in [6, 6.07) is 5.47. The third kappa shape index (κ3) is 2.12. The molecule has 0 aliphatic rings. The van der Waals surface area contributed by atoms with Crippen molar-refractivity contribution in [2.75, 3.05) is 0 Å². The highest BCUT2D eigenvalue weighted by Crippen LogP contribution is 2.25. The van der Waals surface area contributed by atoms with Gasteiger partial charge in [-0.1, -0.05) is 39.1 Å². The lowest BCUT2D eigenvalue weighted by molar-refractivity contribution is 0.846. The van der Waals surface area contributed by atoms with Gasteiger partial charge in [0, 0.05) is 16.6 Å². The monoisotopic (exact) mass is 318 g/mol. The van der Waals surface area contributed by atoms with E-state index in [2.05, 4.69) is 21.0 Å². The lowest BCUT2D eigenvalue weighted by atomic mass is 10.3. The minimum absolute atomic E-state index is 0.537. The molecule has 0 atom stereocenters. The predicted molar refractivity (Wildman–Crippen MR) is 71.0 cm³/mol. The summed E-state index contributed by atoms with van der Waals surface area (Å²) in [5.74, 6) is 0. The van der Waals surface area contributed by atoms with Gasteiger partial charge in [-0.3, -0.25) is 0 Å². The number of halogens is 3. The van der Waals surface area contributed by atoms with Crippen LogP contribution in [0.2, 0.25) is 10.0 Å². The van der Waals surface area contributed by atoms with Gasteiger partial charge in [-0.2, -0.15) is 5.10 Å². The molecule has 0 N–H and O–H groups in total. The second kappa shape index (κ2) is 4.78. The molecule has 0 aliphatic carbocycles. The lowest BCUT2D eigenvalue weighted by Gasteiger charge is -2.06. The SMILES string of the molecule is Cc1c(CBr)cnn1-c1ccc(Cl)c(Cl)c1. The molecule has 0 bridgehead atoms. The van der Waals surface area contributed by atoms with E-state index in [0.29, 0.717) is 10.0 Å². The third-order valence-electron chi connectivity index (χ3n) is 2.40. The Balaban J connectivity index is 2.50. The molecule has 2 rings (SSSR count). The van der Waals surface area contributed by atoms with Crippen molar-refractivity contribution in [3.63, 3.8) is 0 Å². The van der Waals surface area contributed by atoms with E-state index < -0.39 is 0 Å². The lowest BCUT2D eigenvalue weighted by Crippen LogP contribution is -1.99. The summed E-state index contributed by atoms with van der Waals surface area (Å²) in [7, 11) is 0. The first-order valence-corrected chi connectivity index (χ1v) is 6.56. The van der Waals surface area contributed by atoms with Gasteiger partial charge < -0.3 is 0 Å². The van der Waals surface area contributed by atoms with Gasteiger partial charge in [-0.05, 0) is 25.1 Å². The molecule has 0 saturated carbocycles. The number of hydrogen-bond donors (Lipinski definition) is 0. The summed E-state index contributed by atoms with van der Waals surface area (Å²) in [4.78, 5) is 0. The number of aromatic nitrogens is 2. The Morgan fingerprint density at radius 3 is 2.62 bits per heavy atom. The van der Waals surface area contributed by atoms with Crippen molar-refractivity contribution >= 4 is 39.1 Å². The highest BCUT2D eigenvalue weighted by atomic mass is 79.9. The first-order valence-electron chi connectivity index (χ1n) is 4.68. The van der Waals surface area contributed by atoms with Crippen LogP contribution in [0.4, 0.5) is 0 Å².